The van der Waals surface area contributed by atoms with E-state index in [4.69, 9.17) is 14.9 Å². The zero-order valence-electron chi connectivity index (χ0n) is 17.0. The fourth-order valence-electron chi connectivity index (χ4n) is 2.51. The van der Waals surface area contributed by atoms with E-state index in [9.17, 15) is 9.59 Å². The van der Waals surface area contributed by atoms with E-state index in [1.807, 2.05) is 0 Å². The van der Waals surface area contributed by atoms with Gasteiger partial charge in [0.15, 0.2) is 0 Å². The van der Waals surface area contributed by atoms with Gasteiger partial charge in [-0.15, -0.1) is 0 Å². The van der Waals surface area contributed by atoms with Crippen molar-refractivity contribution in [2.45, 2.75) is 20.3 Å². The summed E-state index contributed by atoms with van der Waals surface area (Å²) in [5.41, 5.74) is 2.66. The second-order valence-corrected chi connectivity index (χ2v) is 6.19. The number of nitrogens with zero attached hydrogens (tertiary/aromatic N) is 1. The van der Waals surface area contributed by atoms with Gasteiger partial charge in [-0.3, -0.25) is 0 Å². The van der Waals surface area contributed by atoms with Crippen LogP contribution in [-0.2, 0) is 16.0 Å². The van der Waals surface area contributed by atoms with E-state index < -0.39 is 11.9 Å². The molecule has 0 amide bonds. The van der Waals surface area contributed by atoms with E-state index in [1.165, 1.54) is 11.1 Å². The maximum absolute atomic E-state index is 9.55. The molecule has 0 aliphatic carbocycles. The molecule has 0 saturated heterocycles. The van der Waals surface area contributed by atoms with Crippen LogP contribution in [0.2, 0.25) is 0 Å². The fraction of sp³-hybridized carbons (Fsp3) is 0.304. The van der Waals surface area contributed by atoms with Crippen LogP contribution in [0, 0.1) is 0 Å². The SMILES string of the molecule is CCN(CC)CCOc1ccc(Cc2ccccc2)cc1.O=C(O)C=CC(=O)O. The van der Waals surface area contributed by atoms with Gasteiger partial charge in [-0.05, 0) is 42.8 Å². The number of carboxylic acid groups (broad SMARTS) is 2. The minimum atomic E-state index is -1.26. The molecule has 0 bridgehead atoms. The fourth-order valence-corrected chi connectivity index (χ4v) is 2.51. The molecular weight excluding hydrogens is 370 g/mol. The van der Waals surface area contributed by atoms with Gasteiger partial charge in [-0.2, -0.15) is 0 Å². The Kier molecular flexibility index (Phi) is 11.5. The number of benzene rings is 2. The number of hydrogen-bond donors (Lipinski definition) is 2. The van der Waals surface area contributed by atoms with Crippen molar-refractivity contribution >= 4 is 11.9 Å². The number of carboxylic acids is 2. The second-order valence-electron chi connectivity index (χ2n) is 6.19. The predicted octanol–water partition coefficient (Wildman–Crippen LogP) is 3.71. The maximum Gasteiger partial charge on any atom is 0.328 e. The summed E-state index contributed by atoms with van der Waals surface area (Å²) in [6.07, 6.45) is 2.09. The van der Waals surface area contributed by atoms with Crippen LogP contribution in [0.5, 0.6) is 5.75 Å². The summed E-state index contributed by atoms with van der Waals surface area (Å²) < 4.78 is 5.80. The molecule has 0 fully saturated rings. The Balaban J connectivity index is 0.000000447. The van der Waals surface area contributed by atoms with Crippen LogP contribution in [0.25, 0.3) is 0 Å². The lowest BCUT2D eigenvalue weighted by Crippen LogP contribution is -2.27. The molecule has 29 heavy (non-hydrogen) atoms. The highest BCUT2D eigenvalue weighted by atomic mass is 16.5. The zero-order valence-corrected chi connectivity index (χ0v) is 17.0. The second kappa shape index (κ2) is 14.0. The first-order chi connectivity index (χ1) is 13.9. The molecule has 0 aliphatic heterocycles. The van der Waals surface area contributed by atoms with Gasteiger partial charge in [0, 0.05) is 18.7 Å². The van der Waals surface area contributed by atoms with Crippen molar-refractivity contribution < 1.29 is 24.5 Å². The highest BCUT2D eigenvalue weighted by molar-refractivity contribution is 5.89. The summed E-state index contributed by atoms with van der Waals surface area (Å²) in [7, 11) is 0. The normalized spacial score (nSPS) is 10.4. The molecule has 0 saturated carbocycles. The van der Waals surface area contributed by atoms with Crippen molar-refractivity contribution in [2.75, 3.05) is 26.2 Å². The third-order valence-corrected chi connectivity index (χ3v) is 4.11. The van der Waals surface area contributed by atoms with Gasteiger partial charge < -0.3 is 19.8 Å². The Morgan fingerprint density at radius 1 is 0.862 bits per heavy atom. The summed E-state index contributed by atoms with van der Waals surface area (Å²) in [5, 5.41) is 15.6. The molecule has 0 unspecified atom stereocenters. The molecule has 0 spiro atoms. The van der Waals surface area contributed by atoms with Gasteiger partial charge in [0.05, 0.1) is 0 Å². The quantitative estimate of drug-likeness (QED) is 0.592. The lowest BCUT2D eigenvalue weighted by atomic mass is 10.1. The van der Waals surface area contributed by atoms with Crippen molar-refractivity contribution in [1.29, 1.82) is 0 Å². The van der Waals surface area contributed by atoms with Crippen molar-refractivity contribution in [1.82, 2.24) is 4.90 Å². The van der Waals surface area contributed by atoms with E-state index in [2.05, 4.69) is 73.3 Å². The minimum Gasteiger partial charge on any atom is -0.492 e. The van der Waals surface area contributed by atoms with Crippen molar-refractivity contribution in [3.05, 3.63) is 77.9 Å². The minimum absolute atomic E-state index is 0.558. The third kappa shape index (κ3) is 11.3. The van der Waals surface area contributed by atoms with Gasteiger partial charge in [0.2, 0.25) is 0 Å². The van der Waals surface area contributed by atoms with Gasteiger partial charge >= 0.3 is 11.9 Å². The van der Waals surface area contributed by atoms with Crippen LogP contribution < -0.4 is 4.74 Å². The van der Waals surface area contributed by atoms with E-state index in [0.29, 0.717) is 12.2 Å². The number of ether oxygens (including phenoxy) is 1. The van der Waals surface area contributed by atoms with Crippen molar-refractivity contribution in [3.8, 4) is 5.75 Å². The summed E-state index contributed by atoms with van der Waals surface area (Å²) in [6.45, 7) is 8.26. The Morgan fingerprint density at radius 2 is 1.38 bits per heavy atom. The number of likely N-dealkylation sites (N-methyl/N-ethyl adjacent to an activating group) is 1. The molecule has 0 aromatic heterocycles. The molecule has 2 N–H and O–H groups in total. The van der Waals surface area contributed by atoms with Crippen LogP contribution in [0.1, 0.15) is 25.0 Å². The van der Waals surface area contributed by atoms with Crippen molar-refractivity contribution in [2.24, 2.45) is 0 Å². The molecule has 6 heteroatoms. The number of aliphatic carboxylic acids is 2. The molecule has 6 nitrogen and oxygen atoms in total. The molecule has 2 aromatic carbocycles. The largest absolute Gasteiger partial charge is 0.492 e. The molecule has 0 atom stereocenters. The molecule has 156 valence electrons. The number of hydrogen-bond acceptors (Lipinski definition) is 4. The maximum atomic E-state index is 9.55. The van der Waals surface area contributed by atoms with E-state index in [0.717, 1.165) is 38.4 Å². The molecule has 0 aliphatic rings. The first kappa shape index (κ1) is 23.9. The average molecular weight is 399 g/mol. The predicted molar refractivity (Wildman–Crippen MR) is 113 cm³/mol. The average Bonchev–Trinajstić information content (AvgIpc) is 2.72. The van der Waals surface area contributed by atoms with Crippen LogP contribution >= 0.6 is 0 Å². The number of rotatable bonds is 10. The first-order valence-corrected chi connectivity index (χ1v) is 9.56. The van der Waals surface area contributed by atoms with Gasteiger partial charge in [0.25, 0.3) is 0 Å². The lowest BCUT2D eigenvalue weighted by Gasteiger charge is -2.18. The van der Waals surface area contributed by atoms with Crippen LogP contribution in [0.15, 0.2) is 66.7 Å². The Morgan fingerprint density at radius 3 is 1.86 bits per heavy atom. The smallest absolute Gasteiger partial charge is 0.328 e. The molecule has 2 aromatic rings. The summed E-state index contributed by atoms with van der Waals surface area (Å²) >= 11 is 0. The summed E-state index contributed by atoms with van der Waals surface area (Å²) in [6, 6.07) is 19.0. The molecule has 0 heterocycles. The standard InChI is InChI=1S/C19H25NO.C4H4O4/c1-3-20(4-2)14-15-21-19-12-10-18(11-13-19)16-17-8-6-5-7-9-17;5-3(6)1-2-4(7)8/h5-13H,3-4,14-16H2,1-2H3;1-2H,(H,5,6)(H,7,8). The monoisotopic (exact) mass is 399 g/mol. The molecule has 2 rings (SSSR count). The lowest BCUT2D eigenvalue weighted by molar-refractivity contribution is -0.134. The van der Waals surface area contributed by atoms with Crippen LogP contribution in [0.3, 0.4) is 0 Å². The van der Waals surface area contributed by atoms with E-state index in [-0.39, 0.29) is 0 Å². The topological polar surface area (TPSA) is 87.1 Å². The Hall–Kier alpha value is -3.12. The summed E-state index contributed by atoms with van der Waals surface area (Å²) in [4.78, 5) is 21.5. The van der Waals surface area contributed by atoms with Crippen LogP contribution in [0.4, 0.5) is 0 Å². The molecule has 0 radical (unpaired) electrons. The van der Waals surface area contributed by atoms with Gasteiger partial charge in [0.1, 0.15) is 12.4 Å². The highest BCUT2D eigenvalue weighted by Crippen LogP contribution is 2.15. The molecular formula is C23H29NO5. The summed E-state index contributed by atoms with van der Waals surface area (Å²) in [5.74, 6) is -1.56. The Labute approximate surface area is 172 Å². The van der Waals surface area contributed by atoms with E-state index in [1.54, 1.807) is 0 Å². The Bertz CT molecular complexity index is 737. The highest BCUT2D eigenvalue weighted by Gasteiger charge is 2.00. The van der Waals surface area contributed by atoms with Crippen molar-refractivity contribution in [3.63, 3.8) is 0 Å². The first-order valence-electron chi connectivity index (χ1n) is 9.56. The van der Waals surface area contributed by atoms with Crippen LogP contribution in [-0.4, -0.2) is 53.3 Å². The zero-order chi connectivity index (χ0) is 21.5. The van der Waals surface area contributed by atoms with E-state index >= 15 is 0 Å². The number of carbonyl (C=O) groups is 2. The van der Waals surface area contributed by atoms with Gasteiger partial charge in [-0.25, -0.2) is 9.59 Å². The third-order valence-electron chi connectivity index (χ3n) is 4.11. The van der Waals surface area contributed by atoms with Gasteiger partial charge in [-0.1, -0.05) is 56.3 Å².